The number of nitrogens with zero attached hydrogens (tertiary/aromatic N) is 1. The highest BCUT2D eigenvalue weighted by Gasteiger charge is 2.26. The van der Waals surface area contributed by atoms with Crippen molar-refractivity contribution in [2.75, 3.05) is 33.3 Å². The number of amides is 2. The lowest BCUT2D eigenvalue weighted by molar-refractivity contribution is -0.123. The average Bonchev–Trinajstić information content (AvgIpc) is 2.98. The number of rotatable bonds is 3. The molecule has 2 fully saturated rings. The molecule has 0 bridgehead atoms. The number of methoxy groups -OCH3 is 1. The van der Waals surface area contributed by atoms with Crippen molar-refractivity contribution in [2.24, 2.45) is 5.92 Å². The molecule has 2 amide bonds. The fraction of sp³-hybridized carbons (Fsp3) is 0.846. The smallest absolute Gasteiger partial charge is 0.409 e. The van der Waals surface area contributed by atoms with E-state index in [1.54, 1.807) is 4.90 Å². The molecule has 0 spiro atoms. The first-order valence-electron chi connectivity index (χ1n) is 7.04. The molecule has 2 atom stereocenters. The van der Waals surface area contributed by atoms with Crippen molar-refractivity contribution in [1.29, 1.82) is 0 Å². The second-order valence-corrected chi connectivity index (χ2v) is 5.32. The van der Waals surface area contributed by atoms with Gasteiger partial charge in [0, 0.05) is 19.6 Å². The summed E-state index contributed by atoms with van der Waals surface area (Å²) in [7, 11) is 1.40. The van der Waals surface area contributed by atoms with E-state index in [1.165, 1.54) is 7.11 Å². The van der Waals surface area contributed by atoms with Crippen LogP contribution in [0.1, 0.15) is 25.7 Å². The quantitative estimate of drug-likeness (QED) is 0.775. The third-order valence-corrected chi connectivity index (χ3v) is 3.89. The second kappa shape index (κ2) is 6.75. The second-order valence-electron chi connectivity index (χ2n) is 5.32. The van der Waals surface area contributed by atoms with Crippen LogP contribution in [0.2, 0.25) is 0 Å². The maximum absolute atomic E-state index is 11.9. The van der Waals surface area contributed by atoms with Gasteiger partial charge in [-0.05, 0) is 38.1 Å². The van der Waals surface area contributed by atoms with Gasteiger partial charge in [-0.1, -0.05) is 0 Å². The van der Waals surface area contributed by atoms with Gasteiger partial charge in [-0.25, -0.2) is 4.79 Å². The molecule has 2 unspecified atom stereocenters. The number of carbonyl (C=O) groups is 2. The van der Waals surface area contributed by atoms with E-state index in [0.29, 0.717) is 19.0 Å². The Balaban J connectivity index is 1.73. The Morgan fingerprint density at radius 2 is 2.21 bits per heavy atom. The molecule has 0 aromatic carbocycles. The fourth-order valence-corrected chi connectivity index (χ4v) is 2.80. The highest BCUT2D eigenvalue weighted by atomic mass is 16.5. The minimum atomic E-state index is -0.270. The van der Waals surface area contributed by atoms with Crippen molar-refractivity contribution in [2.45, 2.75) is 31.7 Å². The summed E-state index contributed by atoms with van der Waals surface area (Å²) in [5.74, 6) is 0.422. The first kappa shape index (κ1) is 14.1. The summed E-state index contributed by atoms with van der Waals surface area (Å²) in [6.07, 6.45) is 3.74. The Labute approximate surface area is 113 Å². The van der Waals surface area contributed by atoms with Crippen LogP contribution in [0.25, 0.3) is 0 Å². The molecule has 0 aliphatic carbocycles. The summed E-state index contributed by atoms with van der Waals surface area (Å²) in [5, 5.41) is 6.18. The van der Waals surface area contributed by atoms with Crippen LogP contribution in [-0.2, 0) is 9.53 Å². The van der Waals surface area contributed by atoms with E-state index in [1.807, 2.05) is 0 Å². The summed E-state index contributed by atoms with van der Waals surface area (Å²) in [6, 6.07) is -0.0275. The third-order valence-electron chi connectivity index (χ3n) is 3.89. The molecule has 2 N–H and O–H groups in total. The van der Waals surface area contributed by atoms with Crippen LogP contribution in [-0.4, -0.2) is 56.2 Å². The van der Waals surface area contributed by atoms with Gasteiger partial charge in [-0.3, -0.25) is 4.79 Å². The lowest BCUT2D eigenvalue weighted by Crippen LogP contribution is -2.46. The molecule has 0 saturated carbocycles. The van der Waals surface area contributed by atoms with Crippen molar-refractivity contribution < 1.29 is 14.3 Å². The van der Waals surface area contributed by atoms with E-state index in [4.69, 9.17) is 4.74 Å². The summed E-state index contributed by atoms with van der Waals surface area (Å²) in [4.78, 5) is 25.1. The number of ether oxygens (including phenoxy) is 1. The topological polar surface area (TPSA) is 70.7 Å². The molecule has 2 aliphatic rings. The monoisotopic (exact) mass is 269 g/mol. The van der Waals surface area contributed by atoms with Gasteiger partial charge in [-0.2, -0.15) is 0 Å². The van der Waals surface area contributed by atoms with Crippen molar-refractivity contribution in [3.8, 4) is 0 Å². The van der Waals surface area contributed by atoms with Gasteiger partial charge in [-0.15, -0.1) is 0 Å². The molecule has 2 saturated heterocycles. The molecular formula is C13H23N3O3. The van der Waals surface area contributed by atoms with E-state index in [-0.39, 0.29) is 18.0 Å². The van der Waals surface area contributed by atoms with Crippen LogP contribution < -0.4 is 10.6 Å². The summed E-state index contributed by atoms with van der Waals surface area (Å²) >= 11 is 0. The van der Waals surface area contributed by atoms with Crippen LogP contribution >= 0.6 is 0 Å². The maximum Gasteiger partial charge on any atom is 0.409 e. The molecule has 2 rings (SSSR count). The zero-order valence-electron chi connectivity index (χ0n) is 11.5. The van der Waals surface area contributed by atoms with Crippen molar-refractivity contribution >= 4 is 12.0 Å². The predicted octanol–water partition coefficient (Wildman–Crippen LogP) is 0.333. The SMILES string of the molecule is COC(=O)N1CCCC(CNC(=O)C2CCCN2)C1. The van der Waals surface area contributed by atoms with Gasteiger partial charge in [0.25, 0.3) is 0 Å². The van der Waals surface area contributed by atoms with Crippen molar-refractivity contribution in [1.82, 2.24) is 15.5 Å². The number of hydrogen-bond donors (Lipinski definition) is 2. The number of likely N-dealkylation sites (tertiary alicyclic amines) is 1. The highest BCUT2D eigenvalue weighted by Crippen LogP contribution is 2.16. The summed E-state index contributed by atoms with van der Waals surface area (Å²) in [6.45, 7) is 2.99. The van der Waals surface area contributed by atoms with E-state index in [9.17, 15) is 9.59 Å². The number of hydrogen-bond acceptors (Lipinski definition) is 4. The van der Waals surface area contributed by atoms with Gasteiger partial charge in [0.1, 0.15) is 0 Å². The van der Waals surface area contributed by atoms with Gasteiger partial charge in [0.15, 0.2) is 0 Å². The Bertz CT molecular complexity index is 329. The van der Waals surface area contributed by atoms with E-state index >= 15 is 0 Å². The van der Waals surface area contributed by atoms with Gasteiger partial charge >= 0.3 is 6.09 Å². The normalized spacial score (nSPS) is 27.1. The van der Waals surface area contributed by atoms with Crippen LogP contribution in [0, 0.1) is 5.92 Å². The molecule has 6 nitrogen and oxygen atoms in total. The Morgan fingerprint density at radius 1 is 1.37 bits per heavy atom. The number of carbonyl (C=O) groups excluding carboxylic acids is 2. The largest absolute Gasteiger partial charge is 0.453 e. The zero-order valence-corrected chi connectivity index (χ0v) is 11.5. The molecule has 0 aromatic heterocycles. The first-order valence-corrected chi connectivity index (χ1v) is 7.04. The van der Waals surface area contributed by atoms with E-state index in [2.05, 4.69) is 10.6 Å². The minimum absolute atomic E-state index is 0.0275. The third kappa shape index (κ3) is 3.83. The highest BCUT2D eigenvalue weighted by molar-refractivity contribution is 5.82. The Hall–Kier alpha value is -1.30. The number of nitrogens with one attached hydrogen (secondary N) is 2. The van der Waals surface area contributed by atoms with Crippen LogP contribution in [0.15, 0.2) is 0 Å². The summed E-state index contributed by atoms with van der Waals surface area (Å²) in [5.41, 5.74) is 0. The molecule has 0 radical (unpaired) electrons. The first-order chi connectivity index (χ1) is 9.20. The minimum Gasteiger partial charge on any atom is -0.453 e. The van der Waals surface area contributed by atoms with Crippen LogP contribution in [0.4, 0.5) is 4.79 Å². The molecule has 0 aromatic rings. The Kier molecular flexibility index (Phi) is 5.01. The van der Waals surface area contributed by atoms with Crippen molar-refractivity contribution in [3.63, 3.8) is 0 Å². The standard InChI is InChI=1S/C13H23N3O3/c1-19-13(18)16-7-3-4-10(9-16)8-15-12(17)11-5-2-6-14-11/h10-11,14H,2-9H2,1H3,(H,15,17). The lowest BCUT2D eigenvalue weighted by atomic mass is 9.98. The summed E-state index contributed by atoms with van der Waals surface area (Å²) < 4.78 is 4.73. The van der Waals surface area contributed by atoms with Gasteiger partial charge < -0.3 is 20.3 Å². The van der Waals surface area contributed by atoms with Gasteiger partial charge in [0.2, 0.25) is 5.91 Å². The average molecular weight is 269 g/mol. The lowest BCUT2D eigenvalue weighted by Gasteiger charge is -2.31. The zero-order chi connectivity index (χ0) is 13.7. The molecule has 108 valence electrons. The van der Waals surface area contributed by atoms with Gasteiger partial charge in [0.05, 0.1) is 13.2 Å². The molecule has 2 heterocycles. The van der Waals surface area contributed by atoms with E-state index < -0.39 is 0 Å². The predicted molar refractivity (Wildman–Crippen MR) is 70.7 cm³/mol. The number of piperidine rings is 1. The molecule has 6 heteroatoms. The van der Waals surface area contributed by atoms with Crippen LogP contribution in [0.5, 0.6) is 0 Å². The fourth-order valence-electron chi connectivity index (χ4n) is 2.80. The Morgan fingerprint density at radius 3 is 2.89 bits per heavy atom. The molecular weight excluding hydrogens is 246 g/mol. The molecule has 2 aliphatic heterocycles. The molecule has 19 heavy (non-hydrogen) atoms. The van der Waals surface area contributed by atoms with Crippen molar-refractivity contribution in [3.05, 3.63) is 0 Å². The van der Waals surface area contributed by atoms with E-state index in [0.717, 1.165) is 38.8 Å². The van der Waals surface area contributed by atoms with Crippen LogP contribution in [0.3, 0.4) is 0 Å². The maximum atomic E-state index is 11.9.